The molecule has 2 aliphatic rings. The number of rotatable bonds is 2. The Morgan fingerprint density at radius 1 is 1.25 bits per heavy atom. The Hall–Kier alpha value is -2.06. The zero-order chi connectivity index (χ0) is 14.1. The minimum Gasteiger partial charge on any atom is -0.406 e. The molecule has 0 aromatic heterocycles. The molecule has 0 saturated heterocycles. The Morgan fingerprint density at radius 3 is 2.65 bits per heavy atom. The number of nitrogens with zero attached hydrogens (tertiary/aromatic N) is 5. The first kappa shape index (κ1) is 12.9. The molecular formula is C11H6ClN5O2S. The summed E-state index contributed by atoms with van der Waals surface area (Å²) in [4.78, 5) is 16.3. The summed E-state index contributed by atoms with van der Waals surface area (Å²) in [5, 5.41) is 14.6. The van der Waals surface area contributed by atoms with Gasteiger partial charge in [-0.25, -0.2) is 4.99 Å². The van der Waals surface area contributed by atoms with Crippen molar-refractivity contribution in [1.82, 2.24) is 0 Å². The maximum atomic E-state index is 12.0. The van der Waals surface area contributed by atoms with Crippen molar-refractivity contribution >= 4 is 40.7 Å². The molecule has 20 heavy (non-hydrogen) atoms. The molecule has 3 rings (SSSR count). The SMILES string of the molecule is O=C1OC(c2cccc(Cl)c2)=NC(=S)C1C1N=NN=N1. The van der Waals surface area contributed by atoms with Gasteiger partial charge in [-0.3, -0.25) is 4.79 Å². The highest BCUT2D eigenvalue weighted by molar-refractivity contribution is 7.80. The molecule has 0 aliphatic carbocycles. The quantitative estimate of drug-likeness (QED) is 0.621. The molecule has 1 atom stereocenters. The first-order valence-corrected chi connectivity index (χ1v) is 6.34. The summed E-state index contributed by atoms with van der Waals surface area (Å²) in [6.07, 6.45) is -0.792. The molecule has 0 radical (unpaired) electrons. The predicted octanol–water partition coefficient (Wildman–Crippen LogP) is 2.75. The lowest BCUT2D eigenvalue weighted by atomic mass is 10.1. The number of carbonyl (C=O) groups is 1. The van der Waals surface area contributed by atoms with Crippen LogP contribution in [-0.4, -0.2) is 23.0 Å². The van der Waals surface area contributed by atoms with Gasteiger partial charge in [0.05, 0.1) is 0 Å². The van der Waals surface area contributed by atoms with Crippen LogP contribution in [0, 0.1) is 5.92 Å². The van der Waals surface area contributed by atoms with Crippen molar-refractivity contribution in [1.29, 1.82) is 0 Å². The standard InChI is InChI=1S/C11H6ClN5O2S/c12-6-3-1-2-5(4-6)9-13-10(20)7(11(18)19-9)8-14-16-17-15-8/h1-4,7-8H. The number of cyclic esters (lactones) is 1. The number of benzene rings is 1. The third kappa shape index (κ3) is 2.35. The van der Waals surface area contributed by atoms with Crippen molar-refractivity contribution < 1.29 is 9.53 Å². The van der Waals surface area contributed by atoms with Crippen LogP contribution in [0.1, 0.15) is 5.56 Å². The number of thiocarbonyl (C=S) groups is 1. The monoisotopic (exact) mass is 307 g/mol. The Balaban J connectivity index is 1.92. The molecule has 1 unspecified atom stereocenters. The van der Waals surface area contributed by atoms with E-state index in [1.165, 1.54) is 0 Å². The number of ether oxygens (including phenoxy) is 1. The number of halogens is 1. The lowest BCUT2D eigenvalue weighted by Gasteiger charge is -2.21. The molecule has 7 nitrogen and oxygen atoms in total. The third-order valence-corrected chi connectivity index (χ3v) is 3.26. The van der Waals surface area contributed by atoms with E-state index in [1.807, 2.05) is 0 Å². The fraction of sp³-hybridized carbons (Fsp3) is 0.182. The molecule has 0 N–H and O–H groups in total. The molecule has 0 spiro atoms. The van der Waals surface area contributed by atoms with Crippen LogP contribution in [0.5, 0.6) is 0 Å². The van der Waals surface area contributed by atoms with Gasteiger partial charge in [0.15, 0.2) is 5.92 Å². The van der Waals surface area contributed by atoms with Crippen LogP contribution in [0.4, 0.5) is 0 Å². The van der Waals surface area contributed by atoms with E-state index in [0.717, 1.165) is 0 Å². The second-order valence-corrected chi connectivity index (χ2v) is 4.84. The smallest absolute Gasteiger partial charge is 0.327 e. The normalized spacial score (nSPS) is 22.1. The lowest BCUT2D eigenvalue weighted by molar-refractivity contribution is -0.138. The van der Waals surface area contributed by atoms with E-state index in [9.17, 15) is 4.79 Å². The molecule has 2 heterocycles. The molecule has 0 saturated carbocycles. The van der Waals surface area contributed by atoms with Crippen molar-refractivity contribution in [2.24, 2.45) is 31.6 Å². The lowest BCUT2D eigenvalue weighted by Crippen LogP contribution is -2.38. The Bertz CT molecular complexity index is 675. The molecular weight excluding hydrogens is 302 g/mol. The molecule has 2 aliphatic heterocycles. The molecule has 9 heteroatoms. The highest BCUT2D eigenvalue weighted by atomic mass is 35.5. The molecule has 0 fully saturated rings. The van der Waals surface area contributed by atoms with Crippen LogP contribution in [0.15, 0.2) is 49.9 Å². The summed E-state index contributed by atoms with van der Waals surface area (Å²) >= 11 is 11.0. The second-order valence-electron chi connectivity index (χ2n) is 3.99. The first-order valence-electron chi connectivity index (χ1n) is 5.55. The number of aliphatic imine (C=N–C) groups is 1. The van der Waals surface area contributed by atoms with Crippen molar-refractivity contribution in [2.45, 2.75) is 6.17 Å². The minimum absolute atomic E-state index is 0.116. The largest absolute Gasteiger partial charge is 0.406 e. The maximum Gasteiger partial charge on any atom is 0.327 e. The van der Waals surface area contributed by atoms with Gasteiger partial charge < -0.3 is 4.74 Å². The van der Waals surface area contributed by atoms with Gasteiger partial charge >= 0.3 is 5.97 Å². The Morgan fingerprint density at radius 2 is 2.00 bits per heavy atom. The van der Waals surface area contributed by atoms with E-state index in [2.05, 4.69) is 25.7 Å². The summed E-state index contributed by atoms with van der Waals surface area (Å²) in [6, 6.07) is 6.78. The summed E-state index contributed by atoms with van der Waals surface area (Å²) in [5.41, 5.74) is 0.571. The average Bonchev–Trinajstić information content (AvgIpc) is 2.91. The first-order chi connectivity index (χ1) is 9.65. The van der Waals surface area contributed by atoms with Crippen LogP contribution >= 0.6 is 23.8 Å². The molecule has 100 valence electrons. The molecule has 1 aromatic carbocycles. The van der Waals surface area contributed by atoms with E-state index >= 15 is 0 Å². The van der Waals surface area contributed by atoms with Gasteiger partial charge in [0, 0.05) is 10.6 Å². The van der Waals surface area contributed by atoms with Crippen molar-refractivity contribution in [3.05, 3.63) is 34.9 Å². The van der Waals surface area contributed by atoms with E-state index in [-0.39, 0.29) is 10.9 Å². The van der Waals surface area contributed by atoms with Crippen LogP contribution < -0.4 is 0 Å². The van der Waals surface area contributed by atoms with Crippen molar-refractivity contribution in [2.75, 3.05) is 0 Å². The van der Waals surface area contributed by atoms with E-state index in [1.54, 1.807) is 24.3 Å². The van der Waals surface area contributed by atoms with Gasteiger partial charge in [0.25, 0.3) is 0 Å². The summed E-state index contributed by atoms with van der Waals surface area (Å²) in [5.74, 6) is -1.33. The average molecular weight is 308 g/mol. The summed E-state index contributed by atoms with van der Waals surface area (Å²) in [6.45, 7) is 0. The Kier molecular flexibility index (Phi) is 3.33. The van der Waals surface area contributed by atoms with Crippen molar-refractivity contribution in [3.63, 3.8) is 0 Å². The van der Waals surface area contributed by atoms with Gasteiger partial charge in [-0.15, -0.1) is 10.2 Å². The van der Waals surface area contributed by atoms with Crippen LogP contribution in [-0.2, 0) is 9.53 Å². The predicted molar refractivity (Wildman–Crippen MR) is 73.7 cm³/mol. The van der Waals surface area contributed by atoms with Crippen LogP contribution in [0.3, 0.4) is 0 Å². The number of hydrogen-bond donors (Lipinski definition) is 0. The van der Waals surface area contributed by atoms with Gasteiger partial charge in [0.1, 0.15) is 4.99 Å². The summed E-state index contributed by atoms with van der Waals surface area (Å²) < 4.78 is 5.18. The summed E-state index contributed by atoms with van der Waals surface area (Å²) in [7, 11) is 0. The maximum absolute atomic E-state index is 12.0. The number of carbonyl (C=O) groups excluding carboxylic acids is 1. The van der Waals surface area contributed by atoms with E-state index in [0.29, 0.717) is 10.6 Å². The van der Waals surface area contributed by atoms with E-state index < -0.39 is 18.1 Å². The fourth-order valence-electron chi connectivity index (χ4n) is 1.75. The fourth-order valence-corrected chi connectivity index (χ4v) is 2.25. The van der Waals surface area contributed by atoms with E-state index in [4.69, 9.17) is 28.6 Å². The van der Waals surface area contributed by atoms with Gasteiger partial charge in [0.2, 0.25) is 12.1 Å². The van der Waals surface area contributed by atoms with Gasteiger partial charge in [-0.2, -0.15) is 0 Å². The highest BCUT2D eigenvalue weighted by Crippen LogP contribution is 2.24. The molecule has 0 amide bonds. The Labute approximate surface area is 123 Å². The van der Waals surface area contributed by atoms with Crippen LogP contribution in [0.2, 0.25) is 5.02 Å². The molecule has 1 aromatic rings. The zero-order valence-corrected chi connectivity index (χ0v) is 11.4. The topological polar surface area (TPSA) is 88.1 Å². The van der Waals surface area contributed by atoms with Crippen LogP contribution in [0.25, 0.3) is 0 Å². The zero-order valence-electron chi connectivity index (χ0n) is 9.80. The number of esters is 1. The minimum atomic E-state index is -0.872. The third-order valence-electron chi connectivity index (χ3n) is 2.68. The van der Waals surface area contributed by atoms with Gasteiger partial charge in [-0.05, 0) is 28.6 Å². The second kappa shape index (κ2) is 5.14. The highest BCUT2D eigenvalue weighted by Gasteiger charge is 2.40. The van der Waals surface area contributed by atoms with Gasteiger partial charge in [-0.1, -0.05) is 29.9 Å². The van der Waals surface area contributed by atoms with Crippen molar-refractivity contribution in [3.8, 4) is 0 Å². The molecule has 0 bridgehead atoms. The number of hydrogen-bond acceptors (Lipinski definition) is 7.